The van der Waals surface area contributed by atoms with E-state index in [2.05, 4.69) is 51.6 Å². The molecule has 1 fully saturated rings. The van der Waals surface area contributed by atoms with Crippen molar-refractivity contribution in [2.24, 2.45) is 18.0 Å². The van der Waals surface area contributed by atoms with Gasteiger partial charge in [-0.2, -0.15) is 5.10 Å². The minimum Gasteiger partial charge on any atom is -0.359 e. The van der Waals surface area contributed by atoms with Gasteiger partial charge in [0.1, 0.15) is 0 Å². The highest BCUT2D eigenvalue weighted by molar-refractivity contribution is 5.80. The molecule has 7 nitrogen and oxygen atoms in total. The number of likely N-dealkylation sites (tertiary alicyclic amines) is 1. The van der Waals surface area contributed by atoms with Crippen LogP contribution in [0.1, 0.15) is 56.0 Å². The second-order valence-electron chi connectivity index (χ2n) is 7.46. The summed E-state index contributed by atoms with van der Waals surface area (Å²) in [5.41, 5.74) is 2.37. The molecule has 0 saturated carbocycles. The molecule has 3 rings (SSSR count). The van der Waals surface area contributed by atoms with Crippen LogP contribution in [0.4, 0.5) is 0 Å². The van der Waals surface area contributed by atoms with Gasteiger partial charge in [0.25, 0.3) is 0 Å². The Hall–Kier alpha value is -2.31. The number of nitrogens with one attached hydrogen (secondary N) is 1. The Morgan fingerprint density at radius 3 is 2.89 bits per heavy atom. The van der Waals surface area contributed by atoms with Crippen molar-refractivity contribution in [2.45, 2.75) is 52.0 Å². The molecule has 0 radical (unpaired) electrons. The van der Waals surface area contributed by atoms with Crippen LogP contribution in [0.2, 0.25) is 0 Å². The van der Waals surface area contributed by atoms with E-state index in [0.29, 0.717) is 18.4 Å². The van der Waals surface area contributed by atoms with Crippen LogP contribution in [0.5, 0.6) is 0 Å². The average molecular weight is 373 g/mol. The molecule has 2 aromatic heterocycles. The van der Waals surface area contributed by atoms with Crippen molar-refractivity contribution < 1.29 is 4.52 Å². The largest absolute Gasteiger partial charge is 0.359 e. The molecule has 148 valence electrons. The van der Waals surface area contributed by atoms with E-state index in [1.807, 2.05) is 25.0 Å². The van der Waals surface area contributed by atoms with E-state index >= 15 is 0 Å². The quantitative estimate of drug-likeness (QED) is 0.598. The maximum atomic E-state index is 5.51. The first-order valence-electron chi connectivity index (χ1n) is 10.0. The second kappa shape index (κ2) is 9.06. The zero-order valence-electron chi connectivity index (χ0n) is 17.0. The summed E-state index contributed by atoms with van der Waals surface area (Å²) >= 11 is 0. The van der Waals surface area contributed by atoms with Crippen LogP contribution < -0.4 is 5.32 Å². The number of hydrogen-bond donors (Lipinski definition) is 1. The molecule has 1 aliphatic heterocycles. The van der Waals surface area contributed by atoms with Crippen molar-refractivity contribution in [1.82, 2.24) is 25.2 Å². The standard InChI is InChI=1S/C20H32N6O/c1-5-17(6-2)19-10-18(27-24-19)12-22-20(21-3)26-8-7-15(14-26)9-16-11-23-25(4)13-16/h10-11,13,15,17H,5-9,12,14H2,1-4H3,(H,21,22). The normalized spacial score (nSPS) is 17.9. The maximum Gasteiger partial charge on any atom is 0.194 e. The Kier molecular flexibility index (Phi) is 6.53. The molecule has 0 aromatic carbocycles. The zero-order chi connectivity index (χ0) is 19.2. The van der Waals surface area contributed by atoms with Crippen molar-refractivity contribution in [1.29, 1.82) is 0 Å². The van der Waals surface area contributed by atoms with Crippen molar-refractivity contribution in [3.05, 3.63) is 35.5 Å². The molecule has 3 heterocycles. The van der Waals surface area contributed by atoms with Crippen LogP contribution in [0.15, 0.2) is 28.0 Å². The average Bonchev–Trinajstić information content (AvgIpc) is 3.40. The van der Waals surface area contributed by atoms with Crippen molar-refractivity contribution in [3.8, 4) is 0 Å². The summed E-state index contributed by atoms with van der Waals surface area (Å²) in [5.74, 6) is 2.92. The van der Waals surface area contributed by atoms with E-state index in [4.69, 9.17) is 4.52 Å². The molecular formula is C20H32N6O. The lowest BCUT2D eigenvalue weighted by atomic mass is 9.99. The van der Waals surface area contributed by atoms with Gasteiger partial charge in [0.05, 0.1) is 18.4 Å². The first kappa shape index (κ1) is 19.5. The summed E-state index contributed by atoms with van der Waals surface area (Å²) < 4.78 is 7.38. The summed E-state index contributed by atoms with van der Waals surface area (Å²) in [4.78, 5) is 6.79. The number of rotatable bonds is 7. The lowest BCUT2D eigenvalue weighted by Crippen LogP contribution is -2.39. The summed E-state index contributed by atoms with van der Waals surface area (Å²) in [7, 11) is 3.81. The van der Waals surface area contributed by atoms with Gasteiger partial charge in [-0.15, -0.1) is 0 Å². The summed E-state index contributed by atoms with van der Waals surface area (Å²) in [6, 6.07) is 2.08. The molecule has 0 spiro atoms. The lowest BCUT2D eigenvalue weighted by Gasteiger charge is -2.21. The van der Waals surface area contributed by atoms with Gasteiger partial charge in [0.2, 0.25) is 0 Å². The van der Waals surface area contributed by atoms with E-state index in [0.717, 1.165) is 49.8 Å². The molecule has 1 aliphatic rings. The van der Waals surface area contributed by atoms with Gasteiger partial charge in [-0.25, -0.2) is 0 Å². The Labute approximate surface area is 161 Å². The van der Waals surface area contributed by atoms with Gasteiger partial charge < -0.3 is 14.7 Å². The molecular weight excluding hydrogens is 340 g/mol. The molecule has 1 N–H and O–H groups in total. The molecule has 1 saturated heterocycles. The molecule has 1 atom stereocenters. The minimum atomic E-state index is 0.480. The smallest absolute Gasteiger partial charge is 0.194 e. The van der Waals surface area contributed by atoms with Gasteiger partial charge in [0, 0.05) is 45.4 Å². The first-order valence-corrected chi connectivity index (χ1v) is 10.0. The fourth-order valence-electron chi connectivity index (χ4n) is 3.91. The summed E-state index contributed by atoms with van der Waals surface area (Å²) in [6.07, 6.45) is 8.50. The number of aryl methyl sites for hydroxylation is 1. The fraction of sp³-hybridized carbons (Fsp3) is 0.650. The molecule has 27 heavy (non-hydrogen) atoms. The highest BCUT2D eigenvalue weighted by atomic mass is 16.5. The number of aromatic nitrogens is 3. The van der Waals surface area contributed by atoms with E-state index in [1.165, 1.54) is 12.0 Å². The predicted octanol–water partition coefficient (Wildman–Crippen LogP) is 2.95. The highest BCUT2D eigenvalue weighted by Crippen LogP contribution is 2.23. The first-order chi connectivity index (χ1) is 13.1. The topological polar surface area (TPSA) is 71.5 Å². The number of guanidine groups is 1. The van der Waals surface area contributed by atoms with Gasteiger partial charge in [-0.3, -0.25) is 9.67 Å². The van der Waals surface area contributed by atoms with E-state index < -0.39 is 0 Å². The van der Waals surface area contributed by atoms with E-state index in [9.17, 15) is 0 Å². The van der Waals surface area contributed by atoms with Crippen LogP contribution in [0, 0.1) is 5.92 Å². The highest BCUT2D eigenvalue weighted by Gasteiger charge is 2.25. The summed E-state index contributed by atoms with van der Waals surface area (Å²) in [5, 5.41) is 11.9. The molecule has 0 amide bonds. The Balaban J connectivity index is 1.51. The second-order valence-corrected chi connectivity index (χ2v) is 7.46. The van der Waals surface area contributed by atoms with Crippen LogP contribution in [0.3, 0.4) is 0 Å². The third-order valence-corrected chi connectivity index (χ3v) is 5.48. The van der Waals surface area contributed by atoms with Crippen molar-refractivity contribution >= 4 is 5.96 Å². The predicted molar refractivity (Wildman–Crippen MR) is 107 cm³/mol. The lowest BCUT2D eigenvalue weighted by molar-refractivity contribution is 0.365. The molecule has 2 aromatic rings. The Morgan fingerprint density at radius 1 is 1.41 bits per heavy atom. The van der Waals surface area contributed by atoms with Crippen LogP contribution in [-0.2, 0) is 20.0 Å². The zero-order valence-corrected chi connectivity index (χ0v) is 17.0. The SMILES string of the molecule is CCC(CC)c1cc(CNC(=NC)N2CCC(Cc3cnn(C)c3)C2)on1. The van der Waals surface area contributed by atoms with E-state index in [-0.39, 0.29) is 0 Å². The van der Waals surface area contributed by atoms with Crippen molar-refractivity contribution in [3.63, 3.8) is 0 Å². The molecule has 1 unspecified atom stereocenters. The number of nitrogens with zero attached hydrogens (tertiary/aromatic N) is 5. The van der Waals surface area contributed by atoms with Gasteiger partial charge in [-0.05, 0) is 37.2 Å². The van der Waals surface area contributed by atoms with Gasteiger partial charge in [0.15, 0.2) is 11.7 Å². The number of aliphatic imine (C=N–C) groups is 1. The minimum absolute atomic E-state index is 0.480. The fourth-order valence-corrected chi connectivity index (χ4v) is 3.91. The third kappa shape index (κ3) is 4.90. The third-order valence-electron chi connectivity index (χ3n) is 5.48. The molecule has 0 bridgehead atoms. The monoisotopic (exact) mass is 372 g/mol. The van der Waals surface area contributed by atoms with Crippen molar-refractivity contribution in [2.75, 3.05) is 20.1 Å². The maximum absolute atomic E-state index is 5.51. The molecule has 7 heteroatoms. The Morgan fingerprint density at radius 2 is 2.22 bits per heavy atom. The van der Waals surface area contributed by atoms with Crippen LogP contribution >= 0.6 is 0 Å². The van der Waals surface area contributed by atoms with Crippen LogP contribution in [-0.4, -0.2) is 45.9 Å². The van der Waals surface area contributed by atoms with E-state index in [1.54, 1.807) is 0 Å². The van der Waals surface area contributed by atoms with Gasteiger partial charge in [-0.1, -0.05) is 19.0 Å². The summed E-state index contributed by atoms with van der Waals surface area (Å²) in [6.45, 7) is 7.05. The van der Waals surface area contributed by atoms with Gasteiger partial charge >= 0.3 is 0 Å². The Bertz CT molecular complexity index is 745. The molecule has 0 aliphatic carbocycles. The number of hydrogen-bond acceptors (Lipinski definition) is 4. The van der Waals surface area contributed by atoms with Crippen LogP contribution in [0.25, 0.3) is 0 Å².